The molecule has 0 aliphatic heterocycles. The van der Waals surface area contributed by atoms with Gasteiger partial charge in [-0.15, -0.1) is 0 Å². The zero-order valence-corrected chi connectivity index (χ0v) is 11.8. The van der Waals surface area contributed by atoms with Crippen molar-refractivity contribution in [3.05, 3.63) is 42.0 Å². The van der Waals surface area contributed by atoms with Gasteiger partial charge in [0.1, 0.15) is 11.6 Å². The van der Waals surface area contributed by atoms with Crippen molar-refractivity contribution in [3.63, 3.8) is 0 Å². The van der Waals surface area contributed by atoms with Crippen LogP contribution in [0.5, 0.6) is 5.75 Å². The molecule has 0 spiro atoms. The standard InChI is InChI=1S/C14H18N4O2/c1-17-5-4-16-13(17)9-18(2)14(19)10-6-11(15)8-12(7-10)20-3/h4-8H,9,15H2,1-3H3. The molecule has 20 heavy (non-hydrogen) atoms. The van der Waals surface area contributed by atoms with Gasteiger partial charge in [0.25, 0.3) is 5.91 Å². The molecule has 0 saturated carbocycles. The Morgan fingerprint density at radius 2 is 2.20 bits per heavy atom. The maximum absolute atomic E-state index is 12.4. The van der Waals surface area contributed by atoms with E-state index in [0.29, 0.717) is 23.5 Å². The van der Waals surface area contributed by atoms with E-state index < -0.39 is 0 Å². The van der Waals surface area contributed by atoms with Crippen molar-refractivity contribution < 1.29 is 9.53 Å². The lowest BCUT2D eigenvalue weighted by Gasteiger charge is -2.17. The van der Waals surface area contributed by atoms with Crippen molar-refractivity contribution in [1.29, 1.82) is 0 Å². The first-order chi connectivity index (χ1) is 9.51. The number of nitrogen functional groups attached to an aromatic ring is 1. The Morgan fingerprint density at radius 3 is 2.80 bits per heavy atom. The average molecular weight is 274 g/mol. The number of nitrogens with zero attached hydrogens (tertiary/aromatic N) is 3. The largest absolute Gasteiger partial charge is 0.497 e. The van der Waals surface area contributed by atoms with E-state index in [1.54, 1.807) is 43.5 Å². The quantitative estimate of drug-likeness (QED) is 0.852. The summed E-state index contributed by atoms with van der Waals surface area (Å²) in [5.41, 5.74) is 6.76. The van der Waals surface area contributed by atoms with Gasteiger partial charge in [0, 0.05) is 43.8 Å². The first-order valence-corrected chi connectivity index (χ1v) is 6.17. The number of carbonyl (C=O) groups excluding carboxylic acids is 1. The molecule has 0 saturated heterocycles. The van der Waals surface area contributed by atoms with E-state index in [-0.39, 0.29) is 5.91 Å². The summed E-state index contributed by atoms with van der Waals surface area (Å²) in [5.74, 6) is 1.26. The van der Waals surface area contributed by atoms with E-state index in [9.17, 15) is 4.79 Å². The van der Waals surface area contributed by atoms with Crippen molar-refractivity contribution in [2.24, 2.45) is 7.05 Å². The van der Waals surface area contributed by atoms with E-state index in [1.165, 1.54) is 0 Å². The third-order valence-electron chi connectivity index (χ3n) is 3.06. The highest BCUT2D eigenvalue weighted by Crippen LogP contribution is 2.19. The number of anilines is 1. The molecule has 6 nitrogen and oxygen atoms in total. The highest BCUT2D eigenvalue weighted by molar-refractivity contribution is 5.95. The molecule has 6 heteroatoms. The van der Waals surface area contributed by atoms with Crippen LogP contribution in [0, 0.1) is 0 Å². The van der Waals surface area contributed by atoms with Crippen molar-refractivity contribution in [3.8, 4) is 5.75 Å². The number of amides is 1. The average Bonchev–Trinajstić information content (AvgIpc) is 2.82. The van der Waals surface area contributed by atoms with Crippen LogP contribution in [0.2, 0.25) is 0 Å². The molecule has 2 N–H and O–H groups in total. The van der Waals surface area contributed by atoms with Crippen LogP contribution in [-0.4, -0.2) is 34.5 Å². The zero-order valence-electron chi connectivity index (χ0n) is 11.8. The van der Waals surface area contributed by atoms with Gasteiger partial charge in [-0.2, -0.15) is 0 Å². The second-order valence-electron chi connectivity index (χ2n) is 4.61. The molecule has 2 rings (SSSR count). The van der Waals surface area contributed by atoms with Crippen molar-refractivity contribution in [2.45, 2.75) is 6.54 Å². The third-order valence-corrected chi connectivity index (χ3v) is 3.06. The Bertz CT molecular complexity index is 621. The molecular formula is C14H18N4O2. The molecule has 1 aromatic carbocycles. The Balaban J connectivity index is 2.18. The smallest absolute Gasteiger partial charge is 0.254 e. The lowest BCUT2D eigenvalue weighted by atomic mass is 10.1. The zero-order chi connectivity index (χ0) is 14.7. The van der Waals surface area contributed by atoms with Crippen LogP contribution in [0.25, 0.3) is 0 Å². The van der Waals surface area contributed by atoms with Crippen LogP contribution in [0.15, 0.2) is 30.6 Å². The minimum Gasteiger partial charge on any atom is -0.497 e. The summed E-state index contributed by atoms with van der Waals surface area (Å²) < 4.78 is 7.00. The van der Waals surface area contributed by atoms with Crippen LogP contribution in [0.1, 0.15) is 16.2 Å². The number of aromatic nitrogens is 2. The number of benzene rings is 1. The number of carbonyl (C=O) groups is 1. The van der Waals surface area contributed by atoms with Gasteiger partial charge in [-0.25, -0.2) is 4.98 Å². The highest BCUT2D eigenvalue weighted by atomic mass is 16.5. The van der Waals surface area contributed by atoms with Crippen molar-refractivity contribution in [1.82, 2.24) is 14.5 Å². The summed E-state index contributed by atoms with van der Waals surface area (Å²) in [4.78, 5) is 18.2. The normalized spacial score (nSPS) is 10.3. The lowest BCUT2D eigenvalue weighted by molar-refractivity contribution is 0.0780. The van der Waals surface area contributed by atoms with E-state index in [4.69, 9.17) is 10.5 Å². The number of hydrogen-bond donors (Lipinski definition) is 1. The Morgan fingerprint density at radius 1 is 1.45 bits per heavy atom. The molecule has 0 aliphatic carbocycles. The van der Waals surface area contributed by atoms with Gasteiger partial charge in [0.2, 0.25) is 0 Å². The lowest BCUT2D eigenvalue weighted by Crippen LogP contribution is -2.27. The summed E-state index contributed by atoms with van der Waals surface area (Å²) >= 11 is 0. The molecule has 2 aromatic rings. The molecule has 1 aromatic heterocycles. The maximum atomic E-state index is 12.4. The molecule has 106 valence electrons. The number of hydrogen-bond acceptors (Lipinski definition) is 4. The monoisotopic (exact) mass is 274 g/mol. The van der Waals surface area contributed by atoms with Crippen LogP contribution < -0.4 is 10.5 Å². The number of aryl methyl sites for hydroxylation is 1. The fourth-order valence-corrected chi connectivity index (χ4v) is 1.92. The highest BCUT2D eigenvalue weighted by Gasteiger charge is 2.15. The van der Waals surface area contributed by atoms with Gasteiger partial charge >= 0.3 is 0 Å². The second-order valence-corrected chi connectivity index (χ2v) is 4.61. The summed E-state index contributed by atoms with van der Waals surface area (Å²) in [7, 11) is 5.16. The van der Waals surface area contributed by atoms with E-state index in [1.807, 2.05) is 17.8 Å². The van der Waals surface area contributed by atoms with Crippen LogP contribution in [-0.2, 0) is 13.6 Å². The summed E-state index contributed by atoms with van der Waals surface area (Å²) in [6.07, 6.45) is 3.55. The van der Waals surface area contributed by atoms with Crippen LogP contribution in [0.3, 0.4) is 0 Å². The Labute approximate surface area is 117 Å². The Hall–Kier alpha value is -2.50. The third kappa shape index (κ3) is 2.90. The first-order valence-electron chi connectivity index (χ1n) is 6.17. The molecule has 0 aliphatic rings. The maximum Gasteiger partial charge on any atom is 0.254 e. The predicted octanol–water partition coefficient (Wildman–Crippen LogP) is 1.28. The number of ether oxygens (including phenoxy) is 1. The first kappa shape index (κ1) is 13.9. The van der Waals surface area contributed by atoms with Gasteiger partial charge in [0.15, 0.2) is 0 Å². The number of methoxy groups -OCH3 is 1. The summed E-state index contributed by atoms with van der Waals surface area (Å²) in [5, 5.41) is 0. The fourth-order valence-electron chi connectivity index (χ4n) is 1.92. The minimum atomic E-state index is -0.126. The minimum absolute atomic E-state index is 0.126. The van der Waals surface area contributed by atoms with Crippen molar-refractivity contribution >= 4 is 11.6 Å². The topological polar surface area (TPSA) is 73.4 Å². The fraction of sp³-hybridized carbons (Fsp3) is 0.286. The molecule has 1 amide bonds. The van der Waals surface area contributed by atoms with Crippen LogP contribution in [0.4, 0.5) is 5.69 Å². The number of imidazole rings is 1. The summed E-state index contributed by atoms with van der Waals surface area (Å²) in [6, 6.07) is 4.99. The number of nitrogens with two attached hydrogens (primary N) is 1. The van der Waals surface area contributed by atoms with E-state index >= 15 is 0 Å². The molecule has 0 bridgehead atoms. The molecule has 0 radical (unpaired) electrons. The molecule has 0 atom stereocenters. The molecule has 0 unspecified atom stereocenters. The van der Waals surface area contributed by atoms with Gasteiger partial charge in [-0.3, -0.25) is 4.79 Å². The van der Waals surface area contributed by atoms with Gasteiger partial charge in [-0.05, 0) is 12.1 Å². The van der Waals surface area contributed by atoms with E-state index in [0.717, 1.165) is 5.82 Å². The number of rotatable bonds is 4. The second kappa shape index (κ2) is 5.64. The molecule has 1 heterocycles. The predicted molar refractivity (Wildman–Crippen MR) is 76.4 cm³/mol. The van der Waals surface area contributed by atoms with Gasteiger partial charge in [-0.1, -0.05) is 0 Å². The SMILES string of the molecule is COc1cc(N)cc(C(=O)N(C)Cc2nccn2C)c1. The van der Waals surface area contributed by atoms with Gasteiger partial charge in [0.05, 0.1) is 13.7 Å². The Kier molecular flexibility index (Phi) is 3.93. The van der Waals surface area contributed by atoms with Crippen molar-refractivity contribution in [2.75, 3.05) is 19.9 Å². The molecule has 0 fully saturated rings. The van der Waals surface area contributed by atoms with Crippen LogP contribution >= 0.6 is 0 Å². The molecular weight excluding hydrogens is 256 g/mol. The van der Waals surface area contributed by atoms with E-state index in [2.05, 4.69) is 4.98 Å². The summed E-state index contributed by atoms with van der Waals surface area (Å²) in [6.45, 7) is 0.430. The van der Waals surface area contributed by atoms with Gasteiger partial charge < -0.3 is 19.9 Å².